The molecule has 1 amide bonds. The Hall–Kier alpha value is -3.98. The SMILES string of the molecule is O=C(Nc1ccc(C(O)(C(F)F)C(F)F)nc1)c1cn(CC2COC2)nc(-c2ccccc2OCC(F)F)c1=O. The first-order chi connectivity index (χ1) is 19.0. The van der Waals surface area contributed by atoms with Gasteiger partial charge < -0.3 is 19.9 Å². The van der Waals surface area contributed by atoms with Gasteiger partial charge in [0.05, 0.1) is 30.8 Å². The van der Waals surface area contributed by atoms with Gasteiger partial charge in [-0.05, 0) is 24.3 Å². The van der Waals surface area contributed by atoms with E-state index in [-0.39, 0.29) is 35.2 Å². The lowest BCUT2D eigenvalue weighted by Crippen LogP contribution is -2.42. The summed E-state index contributed by atoms with van der Waals surface area (Å²) in [6.45, 7) is 0.143. The molecule has 3 heterocycles. The van der Waals surface area contributed by atoms with Crippen molar-refractivity contribution < 1.29 is 45.7 Å². The summed E-state index contributed by atoms with van der Waals surface area (Å²) in [7, 11) is 0. The third-order valence-electron chi connectivity index (χ3n) is 5.97. The number of carbonyl (C=O) groups excluding carboxylic acids is 1. The highest BCUT2D eigenvalue weighted by Crippen LogP contribution is 2.34. The largest absolute Gasteiger partial charge is 0.487 e. The van der Waals surface area contributed by atoms with Crippen molar-refractivity contribution in [3.05, 3.63) is 70.3 Å². The lowest BCUT2D eigenvalue weighted by Gasteiger charge is -2.26. The maximum atomic E-state index is 13.4. The van der Waals surface area contributed by atoms with E-state index < -0.39 is 54.1 Å². The first-order valence-corrected chi connectivity index (χ1v) is 11.8. The van der Waals surface area contributed by atoms with Crippen molar-refractivity contribution in [2.75, 3.05) is 25.1 Å². The van der Waals surface area contributed by atoms with Crippen molar-refractivity contribution in [1.29, 1.82) is 0 Å². The molecule has 2 N–H and O–H groups in total. The van der Waals surface area contributed by atoms with Crippen LogP contribution >= 0.6 is 0 Å². The van der Waals surface area contributed by atoms with E-state index in [1.165, 1.54) is 35.1 Å². The zero-order chi connectivity index (χ0) is 29.0. The van der Waals surface area contributed by atoms with Crippen LogP contribution in [0, 0.1) is 5.92 Å². The van der Waals surface area contributed by atoms with Crippen molar-refractivity contribution in [3.63, 3.8) is 0 Å². The van der Waals surface area contributed by atoms with Crippen molar-refractivity contribution in [2.45, 2.75) is 31.4 Å². The van der Waals surface area contributed by atoms with Gasteiger partial charge in [0.2, 0.25) is 11.0 Å². The summed E-state index contributed by atoms with van der Waals surface area (Å²) in [5.74, 6) is -1.01. The number of nitrogens with one attached hydrogen (secondary N) is 1. The highest BCUT2D eigenvalue weighted by atomic mass is 19.3. The molecule has 0 radical (unpaired) electrons. The normalized spacial score (nSPS) is 14.1. The van der Waals surface area contributed by atoms with Crippen LogP contribution in [0.3, 0.4) is 0 Å². The Morgan fingerprint density at radius 3 is 2.40 bits per heavy atom. The van der Waals surface area contributed by atoms with Gasteiger partial charge in [-0.1, -0.05) is 12.1 Å². The molecule has 0 bridgehead atoms. The predicted molar refractivity (Wildman–Crippen MR) is 128 cm³/mol. The minimum Gasteiger partial charge on any atom is -0.487 e. The molecule has 1 fully saturated rings. The maximum absolute atomic E-state index is 13.4. The van der Waals surface area contributed by atoms with Crippen LogP contribution in [-0.4, -0.2) is 64.9 Å². The van der Waals surface area contributed by atoms with E-state index >= 15 is 0 Å². The van der Waals surface area contributed by atoms with Crippen LogP contribution in [0.2, 0.25) is 0 Å². The lowest BCUT2D eigenvalue weighted by atomic mass is 10.0. The summed E-state index contributed by atoms with van der Waals surface area (Å²) in [6.07, 6.45) is -8.53. The molecule has 0 unspecified atom stereocenters. The summed E-state index contributed by atoms with van der Waals surface area (Å²) < 4.78 is 89.6. The van der Waals surface area contributed by atoms with Crippen molar-refractivity contribution in [1.82, 2.24) is 14.8 Å². The number of anilines is 1. The molecule has 15 heteroatoms. The van der Waals surface area contributed by atoms with Gasteiger partial charge in [0, 0.05) is 24.2 Å². The number of rotatable bonds is 11. The number of para-hydroxylation sites is 1. The average Bonchev–Trinajstić information content (AvgIpc) is 2.90. The minimum absolute atomic E-state index is 0.0317. The quantitative estimate of drug-likeness (QED) is 0.338. The van der Waals surface area contributed by atoms with E-state index in [0.717, 1.165) is 12.3 Å². The van der Waals surface area contributed by atoms with Gasteiger partial charge in [-0.15, -0.1) is 0 Å². The lowest BCUT2D eigenvalue weighted by molar-refractivity contribution is -0.185. The van der Waals surface area contributed by atoms with Crippen LogP contribution in [-0.2, 0) is 16.9 Å². The van der Waals surface area contributed by atoms with E-state index in [1.807, 2.05) is 0 Å². The van der Waals surface area contributed by atoms with Crippen LogP contribution in [0.4, 0.5) is 32.0 Å². The number of ether oxygens (including phenoxy) is 2. The summed E-state index contributed by atoms with van der Waals surface area (Å²) in [5, 5.41) is 16.3. The fraction of sp³-hybridized carbons (Fsp3) is 0.360. The van der Waals surface area contributed by atoms with Gasteiger partial charge >= 0.3 is 0 Å². The summed E-state index contributed by atoms with van der Waals surface area (Å²) in [6, 6.07) is 7.45. The average molecular weight is 572 g/mol. The molecule has 9 nitrogen and oxygen atoms in total. The molecule has 40 heavy (non-hydrogen) atoms. The number of aliphatic hydroxyl groups is 1. The zero-order valence-corrected chi connectivity index (χ0v) is 20.4. The van der Waals surface area contributed by atoms with Crippen LogP contribution in [0.5, 0.6) is 5.75 Å². The Bertz CT molecular complexity index is 1390. The zero-order valence-electron chi connectivity index (χ0n) is 20.4. The number of carbonyl (C=O) groups is 1. The molecule has 1 aliphatic heterocycles. The molecule has 4 rings (SSSR count). The molecular weight excluding hydrogens is 550 g/mol. The molecule has 0 saturated carbocycles. The maximum Gasteiger partial charge on any atom is 0.278 e. The second-order valence-electron chi connectivity index (χ2n) is 8.86. The highest BCUT2D eigenvalue weighted by Gasteiger charge is 2.50. The van der Waals surface area contributed by atoms with Gasteiger partial charge in [-0.25, -0.2) is 26.3 Å². The number of halogens is 6. The van der Waals surface area contributed by atoms with Gasteiger partial charge in [0.25, 0.3) is 25.2 Å². The first kappa shape index (κ1) is 29.0. The Morgan fingerprint density at radius 1 is 1.12 bits per heavy atom. The molecule has 1 aliphatic rings. The number of hydrogen-bond donors (Lipinski definition) is 2. The van der Waals surface area contributed by atoms with Crippen LogP contribution in [0.25, 0.3) is 11.3 Å². The van der Waals surface area contributed by atoms with Gasteiger partial charge in [0.15, 0.2) is 0 Å². The standard InChI is InChI=1S/C25H22F6N4O5/c26-19(27)12-40-17-4-2-1-3-15(17)20-21(36)16(9-35(34-20)8-13-10-39-11-13)22(37)33-14-5-6-18(32-7-14)25(38,23(28)29)24(30)31/h1-7,9,13,19,23-24,38H,8,10-12H2,(H,33,37). The number of nitrogens with zero attached hydrogens (tertiary/aromatic N) is 3. The third-order valence-corrected chi connectivity index (χ3v) is 5.97. The minimum atomic E-state index is -3.84. The molecule has 1 saturated heterocycles. The Morgan fingerprint density at radius 2 is 1.82 bits per heavy atom. The molecule has 0 aliphatic carbocycles. The van der Waals surface area contributed by atoms with E-state index in [4.69, 9.17) is 9.47 Å². The highest BCUT2D eigenvalue weighted by molar-refractivity contribution is 6.04. The van der Waals surface area contributed by atoms with E-state index in [0.29, 0.717) is 19.3 Å². The Balaban J connectivity index is 1.68. The smallest absolute Gasteiger partial charge is 0.278 e. The monoisotopic (exact) mass is 572 g/mol. The van der Waals surface area contributed by atoms with Gasteiger partial charge in [0.1, 0.15) is 23.6 Å². The number of aromatic nitrogens is 3. The van der Waals surface area contributed by atoms with Crippen molar-refractivity contribution in [2.24, 2.45) is 5.92 Å². The van der Waals surface area contributed by atoms with E-state index in [2.05, 4.69) is 15.4 Å². The van der Waals surface area contributed by atoms with E-state index in [1.54, 1.807) is 0 Å². The van der Waals surface area contributed by atoms with Gasteiger partial charge in [-0.2, -0.15) is 5.10 Å². The van der Waals surface area contributed by atoms with E-state index in [9.17, 15) is 41.0 Å². The van der Waals surface area contributed by atoms with Crippen LogP contribution in [0.15, 0.2) is 53.6 Å². The number of pyridine rings is 1. The summed E-state index contributed by atoms with van der Waals surface area (Å²) >= 11 is 0. The van der Waals surface area contributed by atoms with Crippen molar-refractivity contribution in [3.8, 4) is 17.0 Å². The second kappa shape index (κ2) is 12.0. The molecule has 214 valence electrons. The molecular formula is C25H22F6N4O5. The number of benzene rings is 1. The fourth-order valence-electron chi connectivity index (χ4n) is 3.79. The summed E-state index contributed by atoms with van der Waals surface area (Å²) in [4.78, 5) is 29.9. The van der Waals surface area contributed by atoms with Crippen LogP contribution in [0.1, 0.15) is 16.1 Å². The topological polar surface area (TPSA) is 116 Å². The molecule has 2 aromatic heterocycles. The number of amides is 1. The molecule has 0 atom stereocenters. The molecule has 1 aromatic carbocycles. The number of alkyl halides is 6. The summed E-state index contributed by atoms with van der Waals surface area (Å²) in [5.41, 5.74) is -6.49. The van der Waals surface area contributed by atoms with Crippen LogP contribution < -0.4 is 15.5 Å². The first-order valence-electron chi connectivity index (χ1n) is 11.8. The fourth-order valence-corrected chi connectivity index (χ4v) is 3.79. The number of hydrogen-bond acceptors (Lipinski definition) is 7. The Labute approximate surface area is 222 Å². The molecule has 0 spiro atoms. The predicted octanol–water partition coefficient (Wildman–Crippen LogP) is 3.57. The van der Waals surface area contributed by atoms with Gasteiger partial charge in [-0.3, -0.25) is 19.3 Å². The Kier molecular flexibility index (Phi) is 8.73. The second-order valence-corrected chi connectivity index (χ2v) is 8.86. The van der Waals surface area contributed by atoms with Crippen molar-refractivity contribution >= 4 is 11.6 Å². The third kappa shape index (κ3) is 6.09. The molecule has 3 aromatic rings.